The van der Waals surface area contributed by atoms with Gasteiger partial charge >= 0.3 is 18.2 Å². The summed E-state index contributed by atoms with van der Waals surface area (Å²) in [4.78, 5) is 28.3. The molecular weight excluding hydrogens is 519 g/mol. The summed E-state index contributed by atoms with van der Waals surface area (Å²) < 4.78 is 58.4. The van der Waals surface area contributed by atoms with Crippen molar-refractivity contribution in [2.24, 2.45) is 11.7 Å². The topological polar surface area (TPSA) is 128 Å². The number of aromatic nitrogens is 1. The highest BCUT2D eigenvalue weighted by atomic mass is 19.4. The second-order valence-corrected chi connectivity index (χ2v) is 10.6. The number of nitrogens with two attached hydrogens (primary N) is 1. The van der Waals surface area contributed by atoms with E-state index in [2.05, 4.69) is 15.7 Å². The third-order valence-corrected chi connectivity index (χ3v) is 5.86. The third-order valence-electron chi connectivity index (χ3n) is 5.86. The van der Waals surface area contributed by atoms with E-state index in [4.69, 9.17) is 19.9 Å². The molecule has 1 amide bonds. The molecular formula is C26H40F3N5O5. The van der Waals surface area contributed by atoms with Gasteiger partial charge in [-0.15, -0.1) is 0 Å². The number of esters is 1. The van der Waals surface area contributed by atoms with E-state index >= 15 is 0 Å². The standard InChI is InChI=1S/C26H40F3N5O5/c1-15(2)37-23(35)16-9-8-10-17(13-16)38-20-12-11-18(33-22(20)26(27,28)29)21(30)19(34(7)31-6)14-32-24(36)39-25(3,4)5/h11-12,15-17,31H,8-10,13-14,30H2,1-7H3,(H,32,36)/b21-19-/t16-,17-/m0/s1. The maximum absolute atomic E-state index is 14.1. The Labute approximate surface area is 227 Å². The number of alkyl carbamates (subject to hydrolysis) is 1. The van der Waals surface area contributed by atoms with Gasteiger partial charge in [-0.3, -0.25) is 4.79 Å². The number of amides is 1. The van der Waals surface area contributed by atoms with Gasteiger partial charge in [0.1, 0.15) is 5.60 Å². The number of nitrogens with zero attached hydrogens (tertiary/aromatic N) is 2. The number of carbonyl (C=O) groups is 2. The molecule has 2 rings (SSSR count). The smallest absolute Gasteiger partial charge is 0.437 e. The molecule has 4 N–H and O–H groups in total. The van der Waals surface area contributed by atoms with Crippen molar-refractivity contribution in [1.29, 1.82) is 0 Å². The van der Waals surface area contributed by atoms with Crippen LogP contribution in [0.2, 0.25) is 0 Å². The average molecular weight is 560 g/mol. The maximum atomic E-state index is 14.1. The van der Waals surface area contributed by atoms with Gasteiger partial charge in [-0.05, 0) is 72.4 Å². The number of halogens is 3. The summed E-state index contributed by atoms with van der Waals surface area (Å²) in [5.74, 6) is -1.26. The first-order valence-electron chi connectivity index (χ1n) is 12.8. The fraction of sp³-hybridized carbons (Fsp3) is 0.654. The summed E-state index contributed by atoms with van der Waals surface area (Å²) in [5, 5.41) is 4.00. The lowest BCUT2D eigenvalue weighted by Crippen LogP contribution is -2.40. The Morgan fingerprint density at radius 1 is 1.21 bits per heavy atom. The summed E-state index contributed by atoms with van der Waals surface area (Å²) in [6, 6.07) is 2.50. The second-order valence-electron chi connectivity index (χ2n) is 10.6. The van der Waals surface area contributed by atoms with E-state index in [1.54, 1.807) is 48.7 Å². The molecule has 0 bridgehead atoms. The van der Waals surface area contributed by atoms with Crippen molar-refractivity contribution in [2.75, 3.05) is 20.6 Å². The number of hydrogen-bond donors (Lipinski definition) is 3. The molecule has 1 aliphatic carbocycles. The third kappa shape index (κ3) is 9.79. The lowest BCUT2D eigenvalue weighted by Gasteiger charge is -2.29. The quantitative estimate of drug-likeness (QED) is 0.301. The van der Waals surface area contributed by atoms with Crippen LogP contribution in [0.1, 0.15) is 71.7 Å². The molecule has 1 aromatic heterocycles. The fourth-order valence-electron chi connectivity index (χ4n) is 4.02. The maximum Gasteiger partial charge on any atom is 0.437 e. The molecule has 10 nitrogen and oxygen atoms in total. The van der Waals surface area contributed by atoms with Crippen molar-refractivity contribution >= 4 is 17.8 Å². The van der Waals surface area contributed by atoms with Crippen LogP contribution in [0.15, 0.2) is 17.8 Å². The highest BCUT2D eigenvalue weighted by Gasteiger charge is 2.39. The summed E-state index contributed by atoms with van der Waals surface area (Å²) in [5.41, 5.74) is 7.11. The van der Waals surface area contributed by atoms with Crippen LogP contribution < -0.4 is 21.2 Å². The van der Waals surface area contributed by atoms with Crippen molar-refractivity contribution in [3.8, 4) is 5.75 Å². The minimum absolute atomic E-state index is 0.0888. The van der Waals surface area contributed by atoms with Gasteiger partial charge in [0.25, 0.3) is 0 Å². The molecule has 2 atom stereocenters. The van der Waals surface area contributed by atoms with Crippen LogP contribution in [-0.2, 0) is 20.4 Å². The highest BCUT2D eigenvalue weighted by molar-refractivity contribution is 5.72. The minimum Gasteiger partial charge on any atom is -0.488 e. The molecule has 0 saturated heterocycles. The Hall–Kier alpha value is -3.22. The van der Waals surface area contributed by atoms with Crippen LogP contribution in [0.5, 0.6) is 5.75 Å². The Kier molecular flexibility index (Phi) is 10.8. The number of hydrogen-bond acceptors (Lipinski definition) is 9. The molecule has 1 aliphatic rings. The highest BCUT2D eigenvalue weighted by Crippen LogP contribution is 2.38. The molecule has 0 aromatic carbocycles. The zero-order chi connectivity index (χ0) is 29.5. The molecule has 220 valence electrons. The van der Waals surface area contributed by atoms with E-state index < -0.39 is 41.3 Å². The van der Waals surface area contributed by atoms with Gasteiger partial charge in [0, 0.05) is 14.1 Å². The number of carbonyl (C=O) groups excluding carboxylic acids is 2. The largest absolute Gasteiger partial charge is 0.488 e. The number of ether oxygens (including phenoxy) is 3. The number of hydrazine groups is 1. The predicted molar refractivity (Wildman–Crippen MR) is 139 cm³/mol. The van der Waals surface area contributed by atoms with Gasteiger partial charge in [-0.25, -0.2) is 15.2 Å². The first kappa shape index (κ1) is 32.0. The number of pyridine rings is 1. The van der Waals surface area contributed by atoms with Crippen molar-refractivity contribution in [3.63, 3.8) is 0 Å². The lowest BCUT2D eigenvalue weighted by molar-refractivity contribution is -0.155. The second kappa shape index (κ2) is 13.2. The number of nitrogens with one attached hydrogen (secondary N) is 2. The zero-order valence-electron chi connectivity index (χ0n) is 23.6. The molecule has 0 aliphatic heterocycles. The van der Waals surface area contributed by atoms with Crippen molar-refractivity contribution in [2.45, 2.75) is 84.3 Å². The van der Waals surface area contributed by atoms with Crippen LogP contribution in [0.4, 0.5) is 18.0 Å². The molecule has 1 fully saturated rings. The van der Waals surface area contributed by atoms with Gasteiger partial charge in [0.2, 0.25) is 0 Å². The van der Waals surface area contributed by atoms with Crippen molar-refractivity contribution in [1.82, 2.24) is 20.7 Å². The molecule has 1 aromatic rings. The number of alkyl halides is 3. The van der Waals surface area contributed by atoms with E-state index in [1.165, 1.54) is 17.1 Å². The monoisotopic (exact) mass is 559 g/mol. The average Bonchev–Trinajstić information content (AvgIpc) is 2.82. The van der Waals surface area contributed by atoms with E-state index in [-0.39, 0.29) is 42.1 Å². The molecule has 39 heavy (non-hydrogen) atoms. The molecule has 0 spiro atoms. The summed E-state index contributed by atoms with van der Waals surface area (Å²) in [7, 11) is 3.17. The number of rotatable bonds is 9. The zero-order valence-corrected chi connectivity index (χ0v) is 23.6. The van der Waals surface area contributed by atoms with Crippen molar-refractivity contribution in [3.05, 3.63) is 29.2 Å². The van der Waals surface area contributed by atoms with E-state index in [0.717, 1.165) is 0 Å². The van der Waals surface area contributed by atoms with Crippen LogP contribution in [-0.4, -0.2) is 60.5 Å². The SMILES string of the molecule is CNN(C)/C(CNC(=O)OC(C)(C)C)=C(\N)c1ccc(O[C@H]2CCC[C@H](C(=O)OC(C)C)C2)c(C(F)(F)F)n1. The van der Waals surface area contributed by atoms with Gasteiger partial charge in [0.05, 0.1) is 41.8 Å². The first-order valence-corrected chi connectivity index (χ1v) is 12.8. The molecule has 13 heteroatoms. The fourth-order valence-corrected chi connectivity index (χ4v) is 4.02. The molecule has 1 saturated carbocycles. The van der Waals surface area contributed by atoms with Gasteiger partial charge in [0.15, 0.2) is 11.4 Å². The predicted octanol–water partition coefficient (Wildman–Crippen LogP) is 4.21. The van der Waals surface area contributed by atoms with Crippen LogP contribution in [0.25, 0.3) is 5.70 Å². The number of likely N-dealkylation sites (N-methyl/N-ethyl adjacent to an activating group) is 1. The molecule has 0 unspecified atom stereocenters. The summed E-state index contributed by atoms with van der Waals surface area (Å²) in [6.07, 6.45) is -4.47. The lowest BCUT2D eigenvalue weighted by atomic mass is 9.87. The minimum atomic E-state index is -4.83. The van der Waals surface area contributed by atoms with Crippen LogP contribution >= 0.6 is 0 Å². The molecule has 1 heterocycles. The Morgan fingerprint density at radius 2 is 1.87 bits per heavy atom. The Balaban J connectivity index is 2.33. The normalized spacial score (nSPS) is 18.7. The van der Waals surface area contributed by atoms with Gasteiger partial charge in [-0.2, -0.15) is 13.2 Å². The van der Waals surface area contributed by atoms with E-state index in [9.17, 15) is 22.8 Å². The van der Waals surface area contributed by atoms with Crippen LogP contribution in [0.3, 0.4) is 0 Å². The van der Waals surface area contributed by atoms with Gasteiger partial charge < -0.3 is 30.3 Å². The van der Waals surface area contributed by atoms with E-state index in [0.29, 0.717) is 19.3 Å². The van der Waals surface area contributed by atoms with Gasteiger partial charge in [-0.1, -0.05) is 0 Å². The Morgan fingerprint density at radius 3 is 2.44 bits per heavy atom. The van der Waals surface area contributed by atoms with E-state index in [1.807, 2.05) is 0 Å². The summed E-state index contributed by atoms with van der Waals surface area (Å²) >= 11 is 0. The summed E-state index contributed by atoms with van der Waals surface area (Å²) in [6.45, 7) is 8.45. The van der Waals surface area contributed by atoms with Crippen molar-refractivity contribution < 1.29 is 37.0 Å². The van der Waals surface area contributed by atoms with Crippen LogP contribution in [0, 0.1) is 5.92 Å². The Bertz CT molecular complexity index is 1040. The first-order chi connectivity index (χ1) is 18.0. The molecule has 0 radical (unpaired) electrons.